The molecule has 10 aromatic rings. The van der Waals surface area contributed by atoms with Crippen molar-refractivity contribution < 1.29 is 4.42 Å². The van der Waals surface area contributed by atoms with Gasteiger partial charge in [-0.25, -0.2) is 0 Å². The Bertz CT molecular complexity index is 2820. The minimum atomic E-state index is 0.875. The van der Waals surface area contributed by atoms with Gasteiger partial charge in [0, 0.05) is 50.2 Å². The standard InChI is InChI=1S/C48H32N2O/c1-5-16-33(17-6-1)34-28-30-38(31-29-34)49(36-20-9-3-10-21-36)41-26-15-25-40-46-42(50(48(40)41)37-22-11-4-12-23-37)32-44-47(39-24-13-14-27-43(39)51-44)45(46)35-18-7-2-8-19-35/h1-32H. The average Bonchev–Trinajstić information content (AvgIpc) is 3.75. The molecule has 0 bridgehead atoms. The molecule has 0 amide bonds. The van der Waals surface area contributed by atoms with E-state index in [1.807, 2.05) is 6.07 Å². The van der Waals surface area contributed by atoms with Gasteiger partial charge in [-0.3, -0.25) is 0 Å². The number of nitrogens with zero attached hydrogens (tertiary/aromatic N) is 2. The van der Waals surface area contributed by atoms with Crippen LogP contribution in [0.1, 0.15) is 0 Å². The molecule has 0 saturated carbocycles. The van der Waals surface area contributed by atoms with Crippen molar-refractivity contribution >= 4 is 60.8 Å². The Morgan fingerprint density at radius 1 is 0.412 bits per heavy atom. The molecule has 2 aromatic heterocycles. The predicted octanol–water partition coefficient (Wildman–Crippen LogP) is 13.5. The fourth-order valence-electron chi connectivity index (χ4n) is 7.77. The van der Waals surface area contributed by atoms with Crippen molar-refractivity contribution in [2.24, 2.45) is 0 Å². The van der Waals surface area contributed by atoms with Gasteiger partial charge in [0.1, 0.15) is 11.2 Å². The lowest BCUT2D eigenvalue weighted by molar-refractivity contribution is 0.669. The number of hydrogen-bond acceptors (Lipinski definition) is 2. The number of para-hydroxylation sites is 4. The summed E-state index contributed by atoms with van der Waals surface area (Å²) in [6.45, 7) is 0. The maximum atomic E-state index is 6.65. The molecule has 8 aromatic carbocycles. The van der Waals surface area contributed by atoms with Crippen molar-refractivity contribution in [2.75, 3.05) is 4.90 Å². The van der Waals surface area contributed by atoms with E-state index < -0.39 is 0 Å². The van der Waals surface area contributed by atoms with Crippen LogP contribution in [0.25, 0.3) is 71.7 Å². The molecule has 0 aliphatic carbocycles. The second kappa shape index (κ2) is 11.9. The minimum absolute atomic E-state index is 0.875. The Hall–Kier alpha value is -6.84. The first-order valence-electron chi connectivity index (χ1n) is 17.4. The zero-order valence-corrected chi connectivity index (χ0v) is 27.8. The van der Waals surface area contributed by atoms with Crippen LogP contribution in [0, 0.1) is 0 Å². The van der Waals surface area contributed by atoms with Gasteiger partial charge in [0.15, 0.2) is 0 Å². The van der Waals surface area contributed by atoms with Crippen LogP contribution in [-0.2, 0) is 0 Å². The van der Waals surface area contributed by atoms with Gasteiger partial charge in [-0.15, -0.1) is 0 Å². The number of fused-ring (bicyclic) bond motifs is 6. The van der Waals surface area contributed by atoms with E-state index in [2.05, 4.69) is 198 Å². The van der Waals surface area contributed by atoms with Crippen LogP contribution in [0.3, 0.4) is 0 Å². The number of aromatic nitrogens is 1. The molecule has 10 rings (SSSR count). The highest BCUT2D eigenvalue weighted by atomic mass is 16.3. The van der Waals surface area contributed by atoms with Crippen LogP contribution in [-0.4, -0.2) is 4.57 Å². The lowest BCUT2D eigenvalue weighted by atomic mass is 9.94. The van der Waals surface area contributed by atoms with E-state index in [1.165, 1.54) is 27.5 Å². The Kier molecular flexibility index (Phi) is 6.81. The first-order valence-corrected chi connectivity index (χ1v) is 17.4. The summed E-state index contributed by atoms with van der Waals surface area (Å²) < 4.78 is 9.07. The van der Waals surface area contributed by atoms with Crippen molar-refractivity contribution in [2.45, 2.75) is 0 Å². The second-order valence-corrected chi connectivity index (χ2v) is 12.9. The lowest BCUT2D eigenvalue weighted by Crippen LogP contribution is -2.11. The molecule has 0 saturated heterocycles. The Morgan fingerprint density at radius 3 is 1.71 bits per heavy atom. The van der Waals surface area contributed by atoms with Crippen molar-refractivity contribution in [3.8, 4) is 27.9 Å². The summed E-state index contributed by atoms with van der Waals surface area (Å²) in [7, 11) is 0. The molecule has 51 heavy (non-hydrogen) atoms. The van der Waals surface area contributed by atoms with Crippen LogP contribution >= 0.6 is 0 Å². The van der Waals surface area contributed by atoms with E-state index in [4.69, 9.17) is 4.42 Å². The van der Waals surface area contributed by atoms with E-state index in [-0.39, 0.29) is 0 Å². The Balaban J connectivity index is 1.34. The van der Waals surface area contributed by atoms with Crippen molar-refractivity contribution in [1.29, 1.82) is 0 Å². The van der Waals surface area contributed by atoms with Gasteiger partial charge in [-0.1, -0.05) is 140 Å². The topological polar surface area (TPSA) is 21.3 Å². The van der Waals surface area contributed by atoms with Crippen molar-refractivity contribution in [1.82, 2.24) is 4.57 Å². The summed E-state index contributed by atoms with van der Waals surface area (Å²) in [5.41, 5.74) is 13.1. The van der Waals surface area contributed by atoms with Gasteiger partial charge in [0.2, 0.25) is 0 Å². The number of furan rings is 1. The molecular formula is C48H32N2O. The quantitative estimate of drug-likeness (QED) is 0.178. The monoisotopic (exact) mass is 652 g/mol. The summed E-state index contributed by atoms with van der Waals surface area (Å²) in [5, 5.41) is 4.64. The van der Waals surface area contributed by atoms with E-state index in [1.54, 1.807) is 0 Å². The van der Waals surface area contributed by atoms with Gasteiger partial charge >= 0.3 is 0 Å². The lowest BCUT2D eigenvalue weighted by Gasteiger charge is -2.27. The van der Waals surface area contributed by atoms with Crippen LogP contribution in [0.4, 0.5) is 17.1 Å². The first-order chi connectivity index (χ1) is 25.3. The van der Waals surface area contributed by atoms with Crippen molar-refractivity contribution in [3.63, 3.8) is 0 Å². The summed E-state index contributed by atoms with van der Waals surface area (Å²) in [6, 6.07) is 69.0. The minimum Gasteiger partial charge on any atom is -0.456 e. The zero-order chi connectivity index (χ0) is 33.7. The maximum absolute atomic E-state index is 6.65. The van der Waals surface area contributed by atoms with Crippen LogP contribution in [0.5, 0.6) is 0 Å². The molecule has 0 unspecified atom stereocenters. The second-order valence-electron chi connectivity index (χ2n) is 12.9. The summed E-state index contributed by atoms with van der Waals surface area (Å²) >= 11 is 0. The zero-order valence-electron chi connectivity index (χ0n) is 27.8. The molecular weight excluding hydrogens is 621 g/mol. The van der Waals surface area contributed by atoms with Gasteiger partial charge in [0.05, 0.1) is 16.7 Å². The number of benzene rings is 8. The Morgan fingerprint density at radius 2 is 0.980 bits per heavy atom. The molecule has 0 aliphatic heterocycles. The summed E-state index contributed by atoms with van der Waals surface area (Å²) in [5.74, 6) is 0. The van der Waals surface area contributed by atoms with Crippen LogP contribution in [0.15, 0.2) is 199 Å². The third kappa shape index (κ3) is 4.74. The third-order valence-corrected chi connectivity index (χ3v) is 9.96. The third-order valence-electron chi connectivity index (χ3n) is 9.96. The van der Waals surface area contributed by atoms with Crippen LogP contribution < -0.4 is 4.90 Å². The smallest absolute Gasteiger partial charge is 0.138 e. The van der Waals surface area contributed by atoms with E-state index in [0.29, 0.717) is 0 Å². The molecule has 240 valence electrons. The van der Waals surface area contributed by atoms with Gasteiger partial charge < -0.3 is 13.9 Å². The number of hydrogen-bond donors (Lipinski definition) is 0. The van der Waals surface area contributed by atoms with Crippen molar-refractivity contribution in [3.05, 3.63) is 194 Å². The molecule has 0 radical (unpaired) electrons. The predicted molar refractivity (Wildman–Crippen MR) is 214 cm³/mol. The highest BCUT2D eigenvalue weighted by Crippen LogP contribution is 2.49. The van der Waals surface area contributed by atoms with Gasteiger partial charge in [-0.2, -0.15) is 0 Å². The molecule has 0 aliphatic rings. The molecule has 0 spiro atoms. The largest absolute Gasteiger partial charge is 0.456 e. The maximum Gasteiger partial charge on any atom is 0.138 e. The molecule has 0 atom stereocenters. The van der Waals surface area contributed by atoms with Crippen LogP contribution in [0.2, 0.25) is 0 Å². The fourth-order valence-corrected chi connectivity index (χ4v) is 7.77. The molecule has 3 nitrogen and oxygen atoms in total. The first kappa shape index (κ1) is 29.1. The number of anilines is 3. The van der Waals surface area contributed by atoms with E-state index in [0.717, 1.165) is 61.3 Å². The van der Waals surface area contributed by atoms with E-state index in [9.17, 15) is 0 Å². The number of rotatable bonds is 6. The molecule has 3 heteroatoms. The van der Waals surface area contributed by atoms with Gasteiger partial charge in [-0.05, 0) is 65.2 Å². The SMILES string of the molecule is c1ccc(-c2ccc(N(c3ccccc3)c3cccc4c5c(-c6ccccc6)c6c(cc5n(-c5ccccc5)c34)oc3ccccc36)cc2)cc1. The molecule has 0 fully saturated rings. The normalized spacial score (nSPS) is 11.5. The molecule has 0 N–H and O–H groups in total. The molecule has 2 heterocycles. The van der Waals surface area contributed by atoms with E-state index >= 15 is 0 Å². The van der Waals surface area contributed by atoms with Gasteiger partial charge in [0.25, 0.3) is 0 Å². The summed E-state index contributed by atoms with van der Waals surface area (Å²) in [4.78, 5) is 2.39. The highest BCUT2D eigenvalue weighted by Gasteiger charge is 2.26. The fraction of sp³-hybridized carbons (Fsp3) is 0. The summed E-state index contributed by atoms with van der Waals surface area (Å²) in [6.07, 6.45) is 0. The Labute approximate surface area is 295 Å². The highest BCUT2D eigenvalue weighted by molar-refractivity contribution is 6.28. The average molecular weight is 653 g/mol.